The first kappa shape index (κ1) is 17.4. The van der Waals surface area contributed by atoms with Gasteiger partial charge in [-0.2, -0.15) is 0 Å². The summed E-state index contributed by atoms with van der Waals surface area (Å²) in [7, 11) is 1.78. The quantitative estimate of drug-likeness (QED) is 0.928. The molecule has 1 amide bonds. The summed E-state index contributed by atoms with van der Waals surface area (Å²) in [6, 6.07) is 12.0. The van der Waals surface area contributed by atoms with E-state index in [9.17, 15) is 9.18 Å². The highest BCUT2D eigenvalue weighted by atomic mass is 35.5. The molecule has 2 aromatic carbocycles. The second kappa shape index (κ2) is 7.11. The maximum absolute atomic E-state index is 13.0. The van der Waals surface area contributed by atoms with Gasteiger partial charge in [0.25, 0.3) is 5.91 Å². The highest BCUT2D eigenvalue weighted by Crippen LogP contribution is 2.23. The highest BCUT2D eigenvalue weighted by Gasteiger charge is 2.20. The van der Waals surface area contributed by atoms with Crippen LogP contribution in [0.15, 0.2) is 42.5 Å². The lowest BCUT2D eigenvalue weighted by Gasteiger charge is -2.25. The predicted molar refractivity (Wildman–Crippen MR) is 91.1 cm³/mol. The van der Waals surface area contributed by atoms with E-state index in [1.165, 1.54) is 23.3 Å². The molecular weight excluding hydrogens is 315 g/mol. The Morgan fingerprint density at radius 3 is 2.48 bits per heavy atom. The van der Waals surface area contributed by atoms with Gasteiger partial charge in [0.05, 0.1) is 6.04 Å². The van der Waals surface area contributed by atoms with Crippen molar-refractivity contribution in [1.29, 1.82) is 0 Å². The Bertz CT molecular complexity index is 703. The minimum atomic E-state index is -0.268. The third-order valence-electron chi connectivity index (χ3n) is 4.34. The van der Waals surface area contributed by atoms with Crippen LogP contribution >= 0.6 is 12.4 Å². The lowest BCUT2D eigenvalue weighted by atomic mass is 10.0. The summed E-state index contributed by atoms with van der Waals surface area (Å²) in [5, 5.41) is 3.28. The second-order valence-corrected chi connectivity index (χ2v) is 5.73. The van der Waals surface area contributed by atoms with E-state index >= 15 is 0 Å². The van der Waals surface area contributed by atoms with Gasteiger partial charge in [-0.15, -0.1) is 12.4 Å². The Balaban J connectivity index is 0.00000192. The number of hydrogen-bond acceptors (Lipinski definition) is 2. The summed E-state index contributed by atoms with van der Waals surface area (Å²) >= 11 is 0. The van der Waals surface area contributed by atoms with Crippen molar-refractivity contribution in [3.8, 4) is 0 Å². The second-order valence-electron chi connectivity index (χ2n) is 5.73. The van der Waals surface area contributed by atoms with Gasteiger partial charge in [0.2, 0.25) is 0 Å². The van der Waals surface area contributed by atoms with E-state index in [2.05, 4.69) is 5.32 Å². The molecule has 122 valence electrons. The number of nitrogens with one attached hydrogen (secondary N) is 1. The van der Waals surface area contributed by atoms with Crippen molar-refractivity contribution in [2.45, 2.75) is 26.1 Å². The summed E-state index contributed by atoms with van der Waals surface area (Å²) in [6.45, 7) is 3.62. The zero-order valence-electron chi connectivity index (χ0n) is 13.2. The molecule has 0 bridgehead atoms. The van der Waals surface area contributed by atoms with Crippen molar-refractivity contribution < 1.29 is 9.18 Å². The Kier molecular flexibility index (Phi) is 5.39. The molecule has 0 aliphatic carbocycles. The molecule has 1 aliphatic heterocycles. The number of amides is 1. The molecule has 0 radical (unpaired) electrons. The molecule has 0 fully saturated rings. The monoisotopic (exact) mass is 334 g/mol. The first-order chi connectivity index (χ1) is 10.6. The van der Waals surface area contributed by atoms with Crippen molar-refractivity contribution in [3.63, 3.8) is 0 Å². The number of fused-ring (bicyclic) bond motifs is 1. The van der Waals surface area contributed by atoms with Crippen molar-refractivity contribution in [1.82, 2.24) is 10.2 Å². The van der Waals surface area contributed by atoms with Gasteiger partial charge in [-0.3, -0.25) is 4.79 Å². The molecule has 0 spiro atoms. The van der Waals surface area contributed by atoms with Gasteiger partial charge in [0, 0.05) is 25.7 Å². The minimum Gasteiger partial charge on any atom is -0.335 e. The first-order valence-corrected chi connectivity index (χ1v) is 7.41. The molecule has 0 saturated heterocycles. The van der Waals surface area contributed by atoms with Crippen LogP contribution in [0.1, 0.15) is 40.0 Å². The Morgan fingerprint density at radius 2 is 1.78 bits per heavy atom. The van der Waals surface area contributed by atoms with E-state index in [1.807, 2.05) is 25.1 Å². The van der Waals surface area contributed by atoms with Crippen LogP contribution in [0, 0.1) is 5.82 Å². The number of carbonyl (C=O) groups excluding carboxylic acids is 1. The number of hydrogen-bond donors (Lipinski definition) is 1. The molecule has 0 saturated carbocycles. The van der Waals surface area contributed by atoms with E-state index in [0.29, 0.717) is 5.56 Å². The number of rotatable bonds is 3. The van der Waals surface area contributed by atoms with Gasteiger partial charge in [0.1, 0.15) is 5.82 Å². The highest BCUT2D eigenvalue weighted by molar-refractivity contribution is 5.94. The topological polar surface area (TPSA) is 32.3 Å². The average molecular weight is 335 g/mol. The van der Waals surface area contributed by atoms with Crippen molar-refractivity contribution in [2.75, 3.05) is 7.05 Å². The van der Waals surface area contributed by atoms with Gasteiger partial charge in [0.15, 0.2) is 0 Å². The molecule has 1 atom stereocenters. The van der Waals surface area contributed by atoms with E-state index in [4.69, 9.17) is 0 Å². The van der Waals surface area contributed by atoms with Crippen LogP contribution in [-0.4, -0.2) is 17.9 Å². The number of halogens is 2. The Morgan fingerprint density at radius 1 is 1.13 bits per heavy atom. The number of carbonyl (C=O) groups is 1. The van der Waals surface area contributed by atoms with E-state index in [1.54, 1.807) is 24.1 Å². The van der Waals surface area contributed by atoms with Gasteiger partial charge >= 0.3 is 0 Å². The van der Waals surface area contributed by atoms with Crippen LogP contribution in [0.4, 0.5) is 4.39 Å². The summed E-state index contributed by atoms with van der Waals surface area (Å²) in [5.74, 6) is -0.289. The van der Waals surface area contributed by atoms with Crippen LogP contribution in [0.25, 0.3) is 0 Å². The van der Waals surface area contributed by atoms with E-state index in [0.717, 1.165) is 18.7 Å². The van der Waals surface area contributed by atoms with E-state index < -0.39 is 0 Å². The van der Waals surface area contributed by atoms with Crippen molar-refractivity contribution in [3.05, 3.63) is 70.5 Å². The molecule has 5 heteroatoms. The number of nitrogens with zero attached hydrogens (tertiary/aromatic N) is 1. The summed E-state index contributed by atoms with van der Waals surface area (Å²) in [5.41, 5.74) is 4.05. The average Bonchev–Trinajstić information content (AvgIpc) is 3.01. The molecular formula is C18H20ClFN2O. The van der Waals surface area contributed by atoms with Crippen LogP contribution in [-0.2, 0) is 13.1 Å². The Hall–Kier alpha value is -1.91. The predicted octanol–water partition coefficient (Wildman–Crippen LogP) is 3.68. The van der Waals surface area contributed by atoms with E-state index in [-0.39, 0.29) is 30.2 Å². The smallest absolute Gasteiger partial charge is 0.254 e. The molecule has 1 heterocycles. The third-order valence-corrected chi connectivity index (χ3v) is 4.34. The fraction of sp³-hybridized carbons (Fsp3) is 0.278. The van der Waals surface area contributed by atoms with Crippen LogP contribution in [0.3, 0.4) is 0 Å². The molecule has 1 N–H and O–H groups in total. The van der Waals surface area contributed by atoms with Gasteiger partial charge in [-0.25, -0.2) is 4.39 Å². The van der Waals surface area contributed by atoms with Crippen molar-refractivity contribution >= 4 is 18.3 Å². The molecule has 0 aromatic heterocycles. The zero-order valence-corrected chi connectivity index (χ0v) is 14.0. The van der Waals surface area contributed by atoms with Gasteiger partial charge < -0.3 is 10.2 Å². The fourth-order valence-corrected chi connectivity index (χ4v) is 2.77. The number of benzene rings is 2. The van der Waals surface area contributed by atoms with Gasteiger partial charge in [-0.1, -0.05) is 18.2 Å². The maximum Gasteiger partial charge on any atom is 0.254 e. The van der Waals surface area contributed by atoms with Crippen LogP contribution in [0.5, 0.6) is 0 Å². The normalized spacial score (nSPS) is 13.9. The van der Waals surface area contributed by atoms with Crippen molar-refractivity contribution in [2.24, 2.45) is 0 Å². The zero-order chi connectivity index (χ0) is 15.7. The lowest BCUT2D eigenvalue weighted by Crippen LogP contribution is -2.29. The summed E-state index contributed by atoms with van der Waals surface area (Å²) < 4.78 is 13.0. The molecule has 1 unspecified atom stereocenters. The summed E-state index contributed by atoms with van der Waals surface area (Å²) in [6.07, 6.45) is 0. The van der Waals surface area contributed by atoms with Crippen LogP contribution in [0.2, 0.25) is 0 Å². The molecule has 23 heavy (non-hydrogen) atoms. The van der Waals surface area contributed by atoms with Crippen LogP contribution < -0.4 is 5.32 Å². The standard InChI is InChI=1S/C18H19FN2O.ClH/c1-12(13-5-7-17(19)8-6-13)21(2)18(22)14-3-4-15-10-20-11-16(15)9-14;/h3-9,12,20H,10-11H2,1-2H3;1H. The molecule has 3 nitrogen and oxygen atoms in total. The third kappa shape index (κ3) is 3.54. The largest absolute Gasteiger partial charge is 0.335 e. The fourth-order valence-electron chi connectivity index (χ4n) is 2.77. The minimum absolute atomic E-state index is 0. The maximum atomic E-state index is 13.0. The molecule has 1 aliphatic rings. The molecule has 3 rings (SSSR count). The SMILES string of the molecule is CC(c1ccc(F)cc1)N(C)C(=O)c1ccc2c(c1)CNC2.Cl. The molecule has 2 aromatic rings. The van der Waals surface area contributed by atoms with Gasteiger partial charge in [-0.05, 0) is 47.9 Å². The summed E-state index contributed by atoms with van der Waals surface area (Å²) in [4.78, 5) is 14.3. The Labute approximate surface area is 141 Å². The first-order valence-electron chi connectivity index (χ1n) is 7.41. The lowest BCUT2D eigenvalue weighted by molar-refractivity contribution is 0.0742.